The Labute approximate surface area is 152 Å². The fourth-order valence-corrected chi connectivity index (χ4v) is 3.46. The molecule has 1 amide bonds. The summed E-state index contributed by atoms with van der Waals surface area (Å²) in [6.07, 6.45) is 1.58. The van der Waals surface area contributed by atoms with Gasteiger partial charge in [-0.3, -0.25) is 9.52 Å². The fourth-order valence-electron chi connectivity index (χ4n) is 2.91. The highest BCUT2D eigenvalue weighted by atomic mass is 32.2. The second kappa shape index (κ2) is 6.80. The van der Waals surface area contributed by atoms with Gasteiger partial charge in [0.1, 0.15) is 5.75 Å². The van der Waals surface area contributed by atoms with E-state index in [0.717, 1.165) is 17.4 Å². The summed E-state index contributed by atoms with van der Waals surface area (Å²) in [6, 6.07) is 13.3. The summed E-state index contributed by atoms with van der Waals surface area (Å²) >= 11 is 0. The maximum absolute atomic E-state index is 12.0. The second-order valence-electron chi connectivity index (χ2n) is 6.18. The monoisotopic (exact) mass is 373 g/mol. The van der Waals surface area contributed by atoms with E-state index in [-0.39, 0.29) is 17.7 Å². The predicted octanol–water partition coefficient (Wildman–Crippen LogP) is 2.46. The Kier molecular flexibility index (Phi) is 4.69. The van der Waals surface area contributed by atoms with E-state index in [4.69, 9.17) is 0 Å². The van der Waals surface area contributed by atoms with Crippen LogP contribution in [0.15, 0.2) is 53.6 Å². The number of hydrazone groups is 1. The SMILES string of the molecule is CC(=O)N1N=C(c2cccc(NS(C)(=O)=O)c2)C[C@H]1c1ccc(O)cc1. The largest absolute Gasteiger partial charge is 0.508 e. The van der Waals surface area contributed by atoms with Crippen LogP contribution < -0.4 is 4.72 Å². The molecule has 0 unspecified atom stereocenters. The molecule has 8 heteroatoms. The molecule has 7 nitrogen and oxygen atoms in total. The van der Waals surface area contributed by atoms with E-state index in [0.29, 0.717) is 17.8 Å². The Morgan fingerprint density at radius 3 is 2.54 bits per heavy atom. The summed E-state index contributed by atoms with van der Waals surface area (Å²) in [6.45, 7) is 1.45. The standard InChI is InChI=1S/C18H19N3O4S/c1-12(22)21-18(13-6-8-16(23)9-7-13)11-17(19-21)14-4-3-5-15(10-14)20-26(2,24)25/h3-10,18,20,23H,11H2,1-2H3/t18-/m0/s1. The van der Waals surface area contributed by atoms with Crippen molar-refractivity contribution in [2.75, 3.05) is 11.0 Å². The molecule has 1 aliphatic rings. The Balaban J connectivity index is 1.91. The number of amides is 1. The molecule has 0 aliphatic carbocycles. The number of hydrogen-bond donors (Lipinski definition) is 2. The molecule has 0 radical (unpaired) electrons. The molecule has 1 aliphatic heterocycles. The van der Waals surface area contributed by atoms with E-state index in [2.05, 4.69) is 9.82 Å². The second-order valence-corrected chi connectivity index (χ2v) is 7.93. The van der Waals surface area contributed by atoms with Crippen molar-refractivity contribution < 1.29 is 18.3 Å². The molecular weight excluding hydrogens is 354 g/mol. The van der Waals surface area contributed by atoms with Crippen molar-refractivity contribution in [3.63, 3.8) is 0 Å². The van der Waals surface area contributed by atoms with Gasteiger partial charge in [0.2, 0.25) is 15.9 Å². The number of carbonyl (C=O) groups excluding carboxylic acids is 1. The van der Waals surface area contributed by atoms with Gasteiger partial charge in [-0.05, 0) is 35.4 Å². The van der Waals surface area contributed by atoms with Crippen LogP contribution in [0.5, 0.6) is 5.75 Å². The van der Waals surface area contributed by atoms with Crippen molar-refractivity contribution in [2.45, 2.75) is 19.4 Å². The average molecular weight is 373 g/mol. The lowest BCUT2D eigenvalue weighted by atomic mass is 9.98. The van der Waals surface area contributed by atoms with Gasteiger partial charge < -0.3 is 5.11 Å². The van der Waals surface area contributed by atoms with Gasteiger partial charge in [0.25, 0.3) is 0 Å². The van der Waals surface area contributed by atoms with Gasteiger partial charge in [-0.15, -0.1) is 0 Å². The molecular formula is C18H19N3O4S. The zero-order valence-corrected chi connectivity index (χ0v) is 15.2. The van der Waals surface area contributed by atoms with Gasteiger partial charge in [0, 0.05) is 19.0 Å². The number of nitrogens with one attached hydrogen (secondary N) is 1. The van der Waals surface area contributed by atoms with Crippen LogP contribution >= 0.6 is 0 Å². The molecule has 2 aromatic rings. The molecule has 2 aromatic carbocycles. The van der Waals surface area contributed by atoms with Crippen LogP contribution in [0, 0.1) is 0 Å². The molecule has 1 atom stereocenters. The molecule has 3 rings (SSSR count). The van der Waals surface area contributed by atoms with Gasteiger partial charge in [-0.2, -0.15) is 5.10 Å². The molecule has 1 heterocycles. The van der Waals surface area contributed by atoms with Crippen molar-refractivity contribution in [2.24, 2.45) is 5.10 Å². The van der Waals surface area contributed by atoms with Crippen molar-refractivity contribution in [3.05, 3.63) is 59.7 Å². The topological polar surface area (TPSA) is 99.1 Å². The molecule has 26 heavy (non-hydrogen) atoms. The summed E-state index contributed by atoms with van der Waals surface area (Å²) in [5.41, 5.74) is 2.74. The van der Waals surface area contributed by atoms with Crippen LogP contribution in [0.25, 0.3) is 0 Å². The Hall–Kier alpha value is -2.87. The summed E-state index contributed by atoms with van der Waals surface area (Å²) in [5.74, 6) is -0.0368. The van der Waals surface area contributed by atoms with Crippen LogP contribution in [0.1, 0.15) is 30.5 Å². The Morgan fingerprint density at radius 1 is 1.23 bits per heavy atom. The number of aromatic hydroxyl groups is 1. The van der Waals surface area contributed by atoms with Gasteiger partial charge in [0.05, 0.1) is 18.0 Å². The number of carbonyl (C=O) groups is 1. The van der Waals surface area contributed by atoms with Gasteiger partial charge in [-0.25, -0.2) is 13.4 Å². The molecule has 0 aromatic heterocycles. The lowest BCUT2D eigenvalue weighted by molar-refractivity contribution is -0.130. The molecule has 0 bridgehead atoms. The number of nitrogens with zero attached hydrogens (tertiary/aromatic N) is 2. The number of sulfonamides is 1. The zero-order valence-electron chi connectivity index (χ0n) is 14.4. The third-order valence-electron chi connectivity index (χ3n) is 4.01. The number of anilines is 1. The van der Waals surface area contributed by atoms with E-state index in [9.17, 15) is 18.3 Å². The minimum atomic E-state index is -3.38. The van der Waals surface area contributed by atoms with Crippen LogP contribution in [0.4, 0.5) is 5.69 Å². The highest BCUT2D eigenvalue weighted by Crippen LogP contribution is 2.33. The number of benzene rings is 2. The van der Waals surface area contributed by atoms with Crippen LogP contribution in [0.2, 0.25) is 0 Å². The first-order valence-electron chi connectivity index (χ1n) is 7.97. The van der Waals surface area contributed by atoms with Crippen molar-refractivity contribution >= 4 is 27.3 Å². The molecule has 0 saturated heterocycles. The highest BCUT2D eigenvalue weighted by Gasteiger charge is 2.31. The van der Waals surface area contributed by atoms with Crippen molar-refractivity contribution in [1.82, 2.24) is 5.01 Å². The van der Waals surface area contributed by atoms with Gasteiger partial charge in [0.15, 0.2) is 0 Å². The first kappa shape index (κ1) is 17.9. The predicted molar refractivity (Wildman–Crippen MR) is 99.4 cm³/mol. The Morgan fingerprint density at radius 2 is 1.92 bits per heavy atom. The first-order chi connectivity index (χ1) is 12.2. The number of phenolic OH excluding ortho intramolecular Hbond substituents is 1. The summed E-state index contributed by atoms with van der Waals surface area (Å²) < 4.78 is 25.3. The minimum absolute atomic E-state index is 0.154. The lowest BCUT2D eigenvalue weighted by Gasteiger charge is -2.20. The van der Waals surface area contributed by atoms with E-state index in [1.54, 1.807) is 42.5 Å². The maximum atomic E-state index is 12.0. The summed E-state index contributed by atoms with van der Waals surface area (Å²) in [7, 11) is -3.38. The van der Waals surface area contributed by atoms with E-state index in [1.165, 1.54) is 11.9 Å². The minimum Gasteiger partial charge on any atom is -0.508 e. The average Bonchev–Trinajstić information content (AvgIpc) is 3.00. The van der Waals surface area contributed by atoms with Crippen LogP contribution in [-0.4, -0.2) is 36.4 Å². The van der Waals surface area contributed by atoms with Crippen molar-refractivity contribution in [1.29, 1.82) is 0 Å². The number of hydrogen-bond acceptors (Lipinski definition) is 5. The van der Waals surface area contributed by atoms with E-state index in [1.807, 2.05) is 6.07 Å². The fraction of sp³-hybridized carbons (Fsp3) is 0.222. The number of rotatable bonds is 4. The molecule has 0 saturated carbocycles. The molecule has 136 valence electrons. The van der Waals surface area contributed by atoms with Gasteiger partial charge in [-0.1, -0.05) is 24.3 Å². The van der Waals surface area contributed by atoms with Crippen LogP contribution in [-0.2, 0) is 14.8 Å². The summed E-state index contributed by atoms with van der Waals surface area (Å²) in [4.78, 5) is 12.0. The normalized spacial score (nSPS) is 17.1. The molecule has 0 fully saturated rings. The van der Waals surface area contributed by atoms with E-state index < -0.39 is 10.0 Å². The molecule has 2 N–H and O–H groups in total. The zero-order chi connectivity index (χ0) is 18.9. The van der Waals surface area contributed by atoms with Crippen molar-refractivity contribution in [3.8, 4) is 5.75 Å². The third-order valence-corrected chi connectivity index (χ3v) is 4.62. The highest BCUT2D eigenvalue weighted by molar-refractivity contribution is 7.92. The quantitative estimate of drug-likeness (QED) is 0.860. The van der Waals surface area contributed by atoms with E-state index >= 15 is 0 Å². The lowest BCUT2D eigenvalue weighted by Crippen LogP contribution is -2.24. The smallest absolute Gasteiger partial charge is 0.240 e. The third kappa shape index (κ3) is 4.02. The molecule has 0 spiro atoms. The van der Waals surface area contributed by atoms with Gasteiger partial charge >= 0.3 is 0 Å². The Bertz CT molecular complexity index is 968. The number of phenols is 1. The summed E-state index contributed by atoms with van der Waals surface area (Å²) in [5, 5.41) is 15.3. The first-order valence-corrected chi connectivity index (χ1v) is 9.86. The van der Waals surface area contributed by atoms with Crippen LogP contribution in [0.3, 0.4) is 0 Å². The maximum Gasteiger partial charge on any atom is 0.240 e.